The molecule has 2 heterocycles. The molecule has 0 amide bonds. The molecule has 0 radical (unpaired) electrons. The van der Waals surface area contributed by atoms with Crippen molar-refractivity contribution in [3.8, 4) is 0 Å². The Morgan fingerprint density at radius 1 is 1.21 bits per heavy atom. The highest BCUT2D eigenvalue weighted by Gasteiger charge is 2.13. The number of aliphatic imine (C=N–C) groups is 1. The fourth-order valence-corrected chi connectivity index (χ4v) is 1.92. The van der Waals surface area contributed by atoms with Crippen molar-refractivity contribution in [2.45, 2.75) is 0 Å². The van der Waals surface area contributed by atoms with Crippen molar-refractivity contribution in [3.63, 3.8) is 0 Å². The van der Waals surface area contributed by atoms with E-state index in [1.54, 1.807) is 44.5 Å². The smallest absolute Gasteiger partial charge is 0.262 e. The highest BCUT2D eigenvalue weighted by atomic mass is 16.3. The van der Waals surface area contributed by atoms with Crippen LogP contribution in [0.25, 0.3) is 0 Å². The molecule has 0 unspecified atom stereocenters. The van der Waals surface area contributed by atoms with Crippen molar-refractivity contribution in [1.82, 2.24) is 19.9 Å². The molecule has 0 saturated heterocycles. The first-order valence-electron chi connectivity index (χ1n) is 8.25. The molecule has 5 N–H and O–H groups in total. The second-order valence-electron chi connectivity index (χ2n) is 5.17. The number of hydrogen-bond acceptors (Lipinski definition) is 10. The molecule has 0 fully saturated rings. The van der Waals surface area contributed by atoms with E-state index < -0.39 is 0 Å². The molecule has 0 aliphatic rings. The Kier molecular flexibility index (Phi) is 7.65. The number of anilines is 4. The summed E-state index contributed by atoms with van der Waals surface area (Å²) < 4.78 is 0. The lowest BCUT2D eigenvalue weighted by molar-refractivity contribution is 0.311. The largest absolute Gasteiger partial charge is 0.395 e. The quantitative estimate of drug-likeness (QED) is 0.251. The zero-order valence-corrected chi connectivity index (χ0v) is 15.7. The first kappa shape index (κ1) is 20.6. The second-order valence-corrected chi connectivity index (χ2v) is 5.17. The van der Waals surface area contributed by atoms with Gasteiger partial charge in [-0.1, -0.05) is 0 Å². The van der Waals surface area contributed by atoms with E-state index in [1.165, 1.54) is 6.34 Å². The van der Waals surface area contributed by atoms with Gasteiger partial charge in [0.05, 0.1) is 6.61 Å². The summed E-state index contributed by atoms with van der Waals surface area (Å²) in [6.07, 6.45) is 4.57. The van der Waals surface area contributed by atoms with Gasteiger partial charge < -0.3 is 26.0 Å². The molecule has 0 aliphatic carbocycles. The molecule has 0 spiro atoms. The van der Waals surface area contributed by atoms with Crippen LogP contribution in [0.5, 0.6) is 0 Å². The van der Waals surface area contributed by atoms with Crippen LogP contribution in [-0.4, -0.2) is 71.6 Å². The van der Waals surface area contributed by atoms with Gasteiger partial charge in [0.15, 0.2) is 17.3 Å². The first-order valence-corrected chi connectivity index (χ1v) is 8.25. The summed E-state index contributed by atoms with van der Waals surface area (Å²) in [6.45, 7) is 0.182. The summed E-state index contributed by atoms with van der Waals surface area (Å²) in [5, 5.41) is 33.4. The van der Waals surface area contributed by atoms with Crippen LogP contribution < -0.4 is 20.9 Å². The van der Waals surface area contributed by atoms with Crippen LogP contribution in [0.15, 0.2) is 33.7 Å². The fraction of sp³-hybridized carbons (Fsp3) is 0.333. The molecule has 2 rings (SSSR count). The van der Waals surface area contributed by atoms with Gasteiger partial charge in [-0.15, -0.1) is 10.2 Å². The Bertz CT molecular complexity index is 838. The number of aromatic nitrogens is 4. The first-order chi connectivity index (χ1) is 13.6. The fourth-order valence-electron chi connectivity index (χ4n) is 1.92. The molecule has 148 valence electrons. The molecule has 0 bridgehead atoms. The molecular weight excluding hydrogens is 364 g/mol. The zero-order chi connectivity index (χ0) is 20.4. The predicted octanol–water partition coefficient (Wildman–Crippen LogP) is 0.937. The van der Waals surface area contributed by atoms with Crippen LogP contribution in [0.1, 0.15) is 0 Å². The lowest BCUT2D eigenvalue weighted by Gasteiger charge is -2.12. The molecule has 28 heavy (non-hydrogen) atoms. The Balaban J connectivity index is 2.19. The van der Waals surface area contributed by atoms with Gasteiger partial charge in [0, 0.05) is 40.1 Å². The number of rotatable bonds is 8. The van der Waals surface area contributed by atoms with Gasteiger partial charge in [0.1, 0.15) is 6.34 Å². The average molecular weight is 386 g/mol. The topological polar surface area (TPSA) is 172 Å². The molecule has 13 heteroatoms. The Hall–Kier alpha value is -3.74. The summed E-state index contributed by atoms with van der Waals surface area (Å²) in [5.74, 6) is 1.21. The maximum atomic E-state index is 9.05. The lowest BCUT2D eigenvalue weighted by Crippen LogP contribution is -2.17. The van der Waals surface area contributed by atoms with Crippen molar-refractivity contribution >= 4 is 41.5 Å². The zero-order valence-electron chi connectivity index (χ0n) is 15.7. The van der Waals surface area contributed by atoms with Crippen molar-refractivity contribution in [3.05, 3.63) is 18.5 Å². The van der Waals surface area contributed by atoms with E-state index in [-0.39, 0.29) is 24.8 Å². The number of nitrogens with zero attached hydrogens (tertiary/aromatic N) is 8. The maximum Gasteiger partial charge on any atom is 0.262 e. The van der Waals surface area contributed by atoms with Crippen LogP contribution in [0.2, 0.25) is 0 Å². The van der Waals surface area contributed by atoms with Crippen LogP contribution >= 0.6 is 0 Å². The van der Waals surface area contributed by atoms with Crippen molar-refractivity contribution < 1.29 is 5.11 Å². The van der Waals surface area contributed by atoms with Crippen molar-refractivity contribution in [2.75, 3.05) is 55.1 Å². The highest BCUT2D eigenvalue weighted by Crippen LogP contribution is 2.32. The van der Waals surface area contributed by atoms with Crippen LogP contribution in [-0.2, 0) is 0 Å². The van der Waals surface area contributed by atoms with Gasteiger partial charge in [-0.3, -0.25) is 5.41 Å². The Labute approximate surface area is 161 Å². The minimum Gasteiger partial charge on any atom is -0.395 e. The van der Waals surface area contributed by atoms with E-state index >= 15 is 0 Å². The molecule has 0 atom stereocenters. The van der Waals surface area contributed by atoms with E-state index in [1.807, 2.05) is 0 Å². The SMILES string of the molecule is CNc1nc(NC)c(/N=N/C(=N)/N=C\N(C)c2ncccn2)c(NCCO)n1. The molecule has 13 nitrogen and oxygen atoms in total. The summed E-state index contributed by atoms with van der Waals surface area (Å²) in [5.41, 5.74) is 0.287. The summed E-state index contributed by atoms with van der Waals surface area (Å²) >= 11 is 0. The van der Waals surface area contributed by atoms with E-state index in [0.717, 1.165) is 0 Å². The highest BCUT2D eigenvalue weighted by molar-refractivity contribution is 5.90. The third-order valence-corrected chi connectivity index (χ3v) is 3.21. The monoisotopic (exact) mass is 386 g/mol. The number of guanidine groups is 1. The number of hydrogen-bond donors (Lipinski definition) is 5. The maximum absolute atomic E-state index is 9.05. The molecule has 0 aliphatic heterocycles. The number of aliphatic hydroxyl groups is 1. The molecular formula is C15H22N12O. The lowest BCUT2D eigenvalue weighted by atomic mass is 10.4. The van der Waals surface area contributed by atoms with Gasteiger partial charge in [-0.25, -0.2) is 15.0 Å². The van der Waals surface area contributed by atoms with E-state index in [0.29, 0.717) is 23.5 Å². The van der Waals surface area contributed by atoms with Gasteiger partial charge >= 0.3 is 0 Å². The Morgan fingerprint density at radius 2 is 1.93 bits per heavy atom. The normalized spacial score (nSPS) is 11.0. The van der Waals surface area contributed by atoms with Gasteiger partial charge in [-0.2, -0.15) is 9.97 Å². The molecule has 0 aromatic carbocycles. The molecule has 2 aromatic rings. The number of azo groups is 1. The van der Waals surface area contributed by atoms with Crippen LogP contribution in [0, 0.1) is 5.41 Å². The van der Waals surface area contributed by atoms with E-state index in [2.05, 4.69) is 51.1 Å². The minimum absolute atomic E-state index is 0.0850. The predicted molar refractivity (Wildman–Crippen MR) is 108 cm³/mol. The van der Waals surface area contributed by atoms with E-state index in [9.17, 15) is 0 Å². The third kappa shape index (κ3) is 5.63. The van der Waals surface area contributed by atoms with Gasteiger partial charge in [0.2, 0.25) is 11.9 Å². The summed E-state index contributed by atoms with van der Waals surface area (Å²) in [6, 6.07) is 1.70. The molecule has 2 aromatic heterocycles. The van der Waals surface area contributed by atoms with Gasteiger partial charge in [0.25, 0.3) is 5.96 Å². The standard InChI is InChI=1S/C15H22N12O/c1-17-11-10(12(19-7-8-28)24-14(18-2)23-11)25-26-13(16)22-9-27(3)15-20-5-4-6-21-15/h4-6,9,16,28H,7-8H2,1-3H3,(H3,17,18,19,23,24)/b16-13?,22-9-,26-25+. The van der Waals surface area contributed by atoms with Crippen molar-refractivity contribution in [2.24, 2.45) is 15.2 Å². The average Bonchev–Trinajstić information content (AvgIpc) is 2.74. The number of aliphatic hydroxyl groups excluding tert-OH is 1. The van der Waals surface area contributed by atoms with Crippen LogP contribution in [0.4, 0.5) is 29.2 Å². The van der Waals surface area contributed by atoms with E-state index in [4.69, 9.17) is 10.5 Å². The second kappa shape index (κ2) is 10.4. The Morgan fingerprint density at radius 3 is 2.57 bits per heavy atom. The van der Waals surface area contributed by atoms with Gasteiger partial charge in [-0.05, 0) is 6.07 Å². The summed E-state index contributed by atoms with van der Waals surface area (Å²) in [4.78, 5) is 22.1. The van der Waals surface area contributed by atoms with Crippen LogP contribution in [0.3, 0.4) is 0 Å². The van der Waals surface area contributed by atoms with Crippen molar-refractivity contribution in [1.29, 1.82) is 5.41 Å². The summed E-state index contributed by atoms with van der Waals surface area (Å²) in [7, 11) is 5.06. The number of nitrogens with one attached hydrogen (secondary N) is 4. The third-order valence-electron chi connectivity index (χ3n) is 3.21. The minimum atomic E-state index is -0.337. The molecule has 0 saturated carbocycles.